The summed E-state index contributed by atoms with van der Waals surface area (Å²) in [5.41, 5.74) is 2.44. The van der Waals surface area contributed by atoms with Crippen LogP contribution in [0.4, 0.5) is 11.4 Å². The van der Waals surface area contributed by atoms with E-state index in [2.05, 4.69) is 0 Å². The number of fused-ring (bicyclic) bond motifs is 2. The van der Waals surface area contributed by atoms with Gasteiger partial charge in [-0.3, -0.25) is 14.9 Å². The maximum absolute atomic E-state index is 12.6. The fourth-order valence-electron chi connectivity index (χ4n) is 3.59. The monoisotopic (exact) mass is 345 g/mol. The van der Waals surface area contributed by atoms with E-state index in [0.717, 1.165) is 12.0 Å². The van der Waals surface area contributed by atoms with Crippen LogP contribution < -0.4 is 15.2 Å². The molecule has 1 aromatic heterocycles. The van der Waals surface area contributed by atoms with E-state index in [1.807, 2.05) is 31.7 Å². The van der Waals surface area contributed by atoms with Gasteiger partial charge in [-0.25, -0.2) is 0 Å². The quantitative estimate of drug-likeness (QED) is 0.628. The van der Waals surface area contributed by atoms with Gasteiger partial charge in [0.15, 0.2) is 6.73 Å². The van der Waals surface area contributed by atoms with E-state index in [1.54, 1.807) is 14.0 Å². The summed E-state index contributed by atoms with van der Waals surface area (Å²) >= 11 is 0. The summed E-state index contributed by atoms with van der Waals surface area (Å²) < 4.78 is 7.22. The van der Waals surface area contributed by atoms with Gasteiger partial charge < -0.3 is 14.2 Å². The van der Waals surface area contributed by atoms with Gasteiger partial charge in [0.1, 0.15) is 0 Å². The fraction of sp³-hybridized carbons (Fsp3) is 0.500. The third kappa shape index (κ3) is 2.45. The molecule has 7 nitrogen and oxygen atoms in total. The molecule has 7 heteroatoms. The number of hydrogen-bond donors (Lipinski definition) is 0. The fourth-order valence-corrected chi connectivity index (χ4v) is 3.59. The summed E-state index contributed by atoms with van der Waals surface area (Å²) in [4.78, 5) is 26.1. The number of nitro benzene ring substituents is 1. The summed E-state index contributed by atoms with van der Waals surface area (Å²) in [6.07, 6.45) is 1.42. The highest BCUT2D eigenvalue weighted by atomic mass is 16.6. The van der Waals surface area contributed by atoms with E-state index in [-0.39, 0.29) is 28.9 Å². The molecule has 0 fully saturated rings. The van der Waals surface area contributed by atoms with E-state index >= 15 is 0 Å². The predicted molar refractivity (Wildman–Crippen MR) is 97.7 cm³/mol. The van der Waals surface area contributed by atoms with Gasteiger partial charge in [0, 0.05) is 18.7 Å². The Bertz CT molecular complexity index is 931. The van der Waals surface area contributed by atoms with E-state index in [9.17, 15) is 14.9 Å². The first-order valence-electron chi connectivity index (χ1n) is 8.52. The molecule has 0 N–H and O–H groups in total. The second-order valence-electron chi connectivity index (χ2n) is 6.78. The molecule has 2 aromatic rings. The first kappa shape index (κ1) is 17.3. The first-order chi connectivity index (χ1) is 11.8. The van der Waals surface area contributed by atoms with Crippen LogP contribution in [0.2, 0.25) is 0 Å². The van der Waals surface area contributed by atoms with Gasteiger partial charge >= 0.3 is 5.69 Å². The first-order valence-corrected chi connectivity index (χ1v) is 8.52. The minimum absolute atomic E-state index is 0.0298. The molecule has 134 valence electrons. The van der Waals surface area contributed by atoms with Crippen molar-refractivity contribution in [1.82, 2.24) is 4.57 Å². The van der Waals surface area contributed by atoms with E-state index in [4.69, 9.17) is 4.74 Å². The van der Waals surface area contributed by atoms with Gasteiger partial charge in [-0.2, -0.15) is 0 Å². The number of hydrogen-bond acceptors (Lipinski definition) is 5. The zero-order valence-electron chi connectivity index (χ0n) is 15.3. The largest absolute Gasteiger partial charge is 0.464 e. The van der Waals surface area contributed by atoms with Crippen molar-refractivity contribution in [2.75, 3.05) is 11.6 Å². The number of aryl methyl sites for hydroxylation is 2. The second-order valence-corrected chi connectivity index (χ2v) is 6.78. The van der Waals surface area contributed by atoms with Crippen LogP contribution in [0, 0.1) is 17.0 Å². The van der Waals surface area contributed by atoms with Crippen molar-refractivity contribution >= 4 is 22.3 Å². The number of ether oxygens (including phenoxy) is 1. The molecular formula is C18H23N3O4. The summed E-state index contributed by atoms with van der Waals surface area (Å²) in [5.74, 6) is 0.307. The zero-order chi connectivity index (χ0) is 18.5. The molecule has 1 aliphatic heterocycles. The highest BCUT2D eigenvalue weighted by Crippen LogP contribution is 2.48. The summed E-state index contributed by atoms with van der Waals surface area (Å²) in [6.45, 7) is 8.03. The number of anilines is 1. The van der Waals surface area contributed by atoms with E-state index < -0.39 is 0 Å². The Kier molecular flexibility index (Phi) is 4.18. The Morgan fingerprint density at radius 1 is 1.40 bits per heavy atom. The molecule has 0 amide bonds. The smallest absolute Gasteiger partial charge is 0.322 e. The van der Waals surface area contributed by atoms with E-state index in [1.165, 1.54) is 4.57 Å². The van der Waals surface area contributed by atoms with Crippen LogP contribution in [0.25, 0.3) is 10.9 Å². The Labute approximate surface area is 146 Å². The molecule has 0 saturated heterocycles. The van der Waals surface area contributed by atoms with Crippen molar-refractivity contribution in [2.24, 2.45) is 7.05 Å². The Hall–Kier alpha value is -2.57. The number of aromatic nitrogens is 1. The van der Waals surface area contributed by atoms with Crippen molar-refractivity contribution in [1.29, 1.82) is 0 Å². The molecule has 25 heavy (non-hydrogen) atoms. The van der Waals surface area contributed by atoms with E-state index in [0.29, 0.717) is 34.3 Å². The van der Waals surface area contributed by atoms with Gasteiger partial charge in [0.25, 0.3) is 5.56 Å². The van der Waals surface area contributed by atoms with Gasteiger partial charge in [-0.15, -0.1) is 0 Å². The molecule has 1 aliphatic rings. The number of pyridine rings is 1. The maximum atomic E-state index is 12.6. The molecule has 0 aliphatic carbocycles. The highest BCUT2D eigenvalue weighted by Gasteiger charge is 2.35. The van der Waals surface area contributed by atoms with Gasteiger partial charge in [0.05, 0.1) is 21.5 Å². The molecule has 0 bridgehead atoms. The average Bonchev–Trinajstić information content (AvgIpc) is 2.98. The lowest BCUT2D eigenvalue weighted by Crippen LogP contribution is -2.29. The summed E-state index contributed by atoms with van der Waals surface area (Å²) in [6, 6.07) is 1.99. The van der Waals surface area contributed by atoms with Crippen LogP contribution in [0.15, 0.2) is 10.9 Å². The molecule has 0 unspecified atom stereocenters. The number of nitro groups is 1. The lowest BCUT2D eigenvalue weighted by atomic mass is 9.97. The molecule has 3 rings (SSSR count). The minimum Gasteiger partial charge on any atom is -0.464 e. The van der Waals surface area contributed by atoms with Crippen molar-refractivity contribution in [3.8, 4) is 5.75 Å². The molecular weight excluding hydrogens is 322 g/mol. The van der Waals surface area contributed by atoms with Crippen molar-refractivity contribution in [2.45, 2.75) is 46.6 Å². The second kappa shape index (κ2) is 6.06. The van der Waals surface area contributed by atoms with Crippen LogP contribution in [0.3, 0.4) is 0 Å². The maximum Gasteiger partial charge on any atom is 0.322 e. The van der Waals surface area contributed by atoms with Gasteiger partial charge in [0.2, 0.25) is 5.75 Å². The van der Waals surface area contributed by atoms with Crippen molar-refractivity contribution in [3.05, 3.63) is 37.7 Å². The van der Waals surface area contributed by atoms with Crippen molar-refractivity contribution < 1.29 is 9.66 Å². The highest BCUT2D eigenvalue weighted by molar-refractivity contribution is 5.99. The SMILES string of the molecule is CCCc1c(C)c(=O)n(C)c2cc3c(c([N+](=O)[O-])c12)OCN3C(C)C. The Morgan fingerprint density at radius 3 is 2.64 bits per heavy atom. The molecule has 1 aromatic carbocycles. The van der Waals surface area contributed by atoms with Gasteiger partial charge in [-0.05, 0) is 38.8 Å². The van der Waals surface area contributed by atoms with Crippen LogP contribution >= 0.6 is 0 Å². The standard InChI is InChI=1S/C18H23N3O4/c1-6-7-12-11(4)18(22)19(5)13-8-14-17(16(15(12)13)21(23)24)25-9-20(14)10(2)3/h8,10H,6-7,9H2,1-5H3. The predicted octanol–water partition coefficient (Wildman–Crippen LogP) is 3.27. The van der Waals surface area contributed by atoms with Crippen LogP contribution in [0.1, 0.15) is 38.3 Å². The third-order valence-corrected chi connectivity index (χ3v) is 4.92. The molecule has 0 atom stereocenters. The molecule has 2 heterocycles. The Balaban J connectivity index is 2.53. The van der Waals surface area contributed by atoms with Crippen LogP contribution in [-0.4, -0.2) is 22.3 Å². The average molecular weight is 345 g/mol. The molecule has 0 radical (unpaired) electrons. The van der Waals surface area contributed by atoms with Crippen molar-refractivity contribution in [3.63, 3.8) is 0 Å². The van der Waals surface area contributed by atoms with Crippen LogP contribution in [-0.2, 0) is 13.5 Å². The number of rotatable bonds is 4. The summed E-state index contributed by atoms with van der Waals surface area (Å²) in [7, 11) is 1.67. The lowest BCUT2D eigenvalue weighted by Gasteiger charge is -2.21. The minimum atomic E-state index is -0.381. The lowest BCUT2D eigenvalue weighted by molar-refractivity contribution is -0.383. The normalized spacial score (nSPS) is 13.4. The van der Waals surface area contributed by atoms with Crippen LogP contribution in [0.5, 0.6) is 5.75 Å². The Morgan fingerprint density at radius 2 is 2.08 bits per heavy atom. The third-order valence-electron chi connectivity index (χ3n) is 4.92. The van der Waals surface area contributed by atoms with Gasteiger partial charge in [-0.1, -0.05) is 13.3 Å². The number of nitrogens with zero attached hydrogens (tertiary/aromatic N) is 3. The topological polar surface area (TPSA) is 77.6 Å². The molecule has 0 spiro atoms. The molecule has 0 saturated carbocycles. The summed E-state index contributed by atoms with van der Waals surface area (Å²) in [5, 5.41) is 12.5. The number of benzene rings is 1. The zero-order valence-corrected chi connectivity index (χ0v) is 15.3.